The van der Waals surface area contributed by atoms with Crippen LogP contribution in [0.2, 0.25) is 0 Å². The van der Waals surface area contributed by atoms with Crippen LogP contribution in [0, 0.1) is 0 Å². The molecular formula is C119H74N20O8. The van der Waals surface area contributed by atoms with Gasteiger partial charge < -0.3 is 18.3 Å². The van der Waals surface area contributed by atoms with E-state index in [1.165, 1.54) is 78.7 Å². The number of carbonyl (C=O) groups excluding carboxylic acids is 8. The molecular weight excluding hydrogens is 1840 g/mol. The van der Waals surface area contributed by atoms with Crippen molar-refractivity contribution in [3.63, 3.8) is 0 Å². The van der Waals surface area contributed by atoms with Crippen molar-refractivity contribution in [1.29, 1.82) is 0 Å². The molecule has 10 aromatic heterocycles. The van der Waals surface area contributed by atoms with E-state index in [1.54, 1.807) is 98.6 Å². The lowest BCUT2D eigenvalue weighted by atomic mass is 9.97. The normalized spacial score (nSPS) is 13.1. The number of fused-ring (bicyclic) bond motifs is 16. The lowest BCUT2D eigenvalue weighted by molar-refractivity contribution is 0.0678. The van der Waals surface area contributed by atoms with Crippen molar-refractivity contribution >= 4 is 140 Å². The topological polar surface area (TPSA) is 324 Å². The van der Waals surface area contributed by atoms with Crippen LogP contribution in [0.15, 0.2) is 397 Å². The van der Waals surface area contributed by atoms with Crippen LogP contribution in [0.3, 0.4) is 0 Å². The van der Waals surface area contributed by atoms with Crippen LogP contribution in [-0.4, -0.2) is 161 Å². The zero-order valence-corrected chi connectivity index (χ0v) is 78.2. The van der Waals surface area contributed by atoms with Crippen LogP contribution < -0.4 is 4.90 Å². The molecule has 0 bridgehead atoms. The van der Waals surface area contributed by atoms with E-state index in [1.807, 2.05) is 200 Å². The molecule has 0 saturated heterocycles. The summed E-state index contributed by atoms with van der Waals surface area (Å²) in [6, 6.07) is 91.9. The molecule has 147 heavy (non-hydrogen) atoms. The minimum absolute atomic E-state index is 0.273. The average Bonchev–Trinajstić information content (AvgIpc) is 1.56. The number of hydrogen-bond donors (Lipinski definition) is 0. The summed E-state index contributed by atoms with van der Waals surface area (Å²) in [6.07, 6.45) is 30.4. The summed E-state index contributed by atoms with van der Waals surface area (Å²) in [7, 11) is 4.56. The van der Waals surface area contributed by atoms with Gasteiger partial charge in [0, 0.05) is 194 Å². The fourth-order valence-corrected chi connectivity index (χ4v) is 21.1. The van der Waals surface area contributed by atoms with Crippen LogP contribution in [0.4, 0.5) is 5.69 Å². The van der Waals surface area contributed by atoms with Gasteiger partial charge in [0.05, 0.1) is 117 Å². The number of carbonyl (C=O) groups is 8. The molecule has 0 fully saturated rings. The molecule has 24 aromatic rings. The predicted molar refractivity (Wildman–Crippen MR) is 562 cm³/mol. The Morgan fingerprint density at radius 3 is 0.898 bits per heavy atom. The van der Waals surface area contributed by atoms with E-state index in [2.05, 4.69) is 139 Å². The molecule has 14 aromatic carbocycles. The maximum Gasteiger partial charge on any atom is 0.268 e. The van der Waals surface area contributed by atoms with Gasteiger partial charge in [-0.2, -0.15) is 0 Å². The van der Waals surface area contributed by atoms with E-state index >= 15 is 0 Å². The third kappa shape index (κ3) is 14.1. The van der Waals surface area contributed by atoms with Crippen molar-refractivity contribution < 1.29 is 38.4 Å². The van der Waals surface area contributed by atoms with Gasteiger partial charge in [-0.25, -0.2) is 64.7 Å². The van der Waals surface area contributed by atoms with Crippen LogP contribution in [0.25, 0.3) is 188 Å². The summed E-state index contributed by atoms with van der Waals surface area (Å²) >= 11 is 0. The number of amides is 8. The van der Waals surface area contributed by atoms with Gasteiger partial charge in [0.1, 0.15) is 38.0 Å². The molecule has 4 aliphatic rings. The summed E-state index contributed by atoms with van der Waals surface area (Å²) < 4.78 is 8.32. The van der Waals surface area contributed by atoms with Crippen LogP contribution in [-0.2, 0) is 0 Å². The SMILES string of the molecule is CN1C(=O)c2cccc(-n3c4c(-c5cncnc5)cccc4c4cccc(-c5cncnc5)c43)c2C1=O.CN1C(=O)c2cccc(-n3c4ccccc4c4ccc(-c5cncnc5)cc43)c2C1=O.CN1C(=O)c2cccc(-n3c4ccccc4c4cccc(-c5cncnc5)c43)c2C1=O.O=C1c2cccc(-n3c4cccc(-c5cncnc5)c4c4c(-c5cncnc5)cccc43)c2C(=O)N1c1ccccc1-c1ccccc1. The number of nitrogens with zero attached hydrogens (tertiary/aromatic N) is 20. The van der Waals surface area contributed by atoms with Crippen molar-refractivity contribution in [2.45, 2.75) is 0 Å². The van der Waals surface area contributed by atoms with Gasteiger partial charge in [-0.15, -0.1) is 0 Å². The summed E-state index contributed by atoms with van der Waals surface area (Å²) in [5, 5.41) is 8.19. The molecule has 0 saturated carbocycles. The maximum atomic E-state index is 14.6. The highest BCUT2D eigenvalue weighted by atomic mass is 16.2. The Hall–Kier alpha value is -20.7. The largest absolute Gasteiger partial charge is 0.308 e. The Kier molecular flexibility index (Phi) is 21.3. The third-order valence-electron chi connectivity index (χ3n) is 27.6. The molecule has 28 rings (SSSR count). The molecule has 28 nitrogen and oxygen atoms in total. The maximum absolute atomic E-state index is 14.6. The van der Waals surface area contributed by atoms with Crippen molar-refractivity contribution in [3.8, 4) is 101 Å². The standard InChI is InChI=1S/C40H24N6O2.C29H18N6O2.2C25H16N4O2/c47-39-31-14-8-18-35(38(31)40(48)46(39)32-15-5-4-11-28(32)25-9-2-1-3-10-25)45-33-16-6-12-29(26-19-41-23-42-20-26)36(33)37-30(13-7-17-34(37)45)27-21-43-24-44-22-27;1-34-28(36)23-9-4-10-24(25(23)29(34)37)35-26-19(17-11-30-15-31-12-17)5-2-7-21(26)22-8-3-6-20(27(22)35)18-13-32-16-33-14-18;1-28-24(30)19-9-5-11-21(22(19)25(28)31)29-20-10-3-2-6-17(20)18-8-4-7-16(23(18)29)15-12-26-14-27-13-15;1-28-24(30)19-6-4-8-21(23(19)25(28)31)29-20-7-3-2-5-17(20)18-10-9-15(11-22(18)29)16-12-26-14-27-13-16/h1-24H;2-16H,1H3;2*2-14H,1H3. The fourth-order valence-electron chi connectivity index (χ4n) is 21.1. The highest BCUT2D eigenvalue weighted by molar-refractivity contribution is 6.37. The first-order chi connectivity index (χ1) is 72.2. The first kappa shape index (κ1) is 87.8. The second kappa shape index (κ2) is 35.6. The Bertz CT molecular complexity index is 9490. The molecule has 0 atom stereocenters. The first-order valence-electron chi connectivity index (χ1n) is 46.9. The Morgan fingerprint density at radius 1 is 0.177 bits per heavy atom. The monoisotopic (exact) mass is 1910 g/mol. The van der Waals surface area contributed by atoms with E-state index < -0.39 is 0 Å². The Labute approximate surface area is 834 Å². The Balaban J connectivity index is 0.000000104. The van der Waals surface area contributed by atoms with Gasteiger partial charge in [-0.3, -0.25) is 53.1 Å². The van der Waals surface area contributed by atoms with Gasteiger partial charge in [0.15, 0.2) is 0 Å². The van der Waals surface area contributed by atoms with Crippen molar-refractivity contribution in [2.24, 2.45) is 0 Å². The molecule has 8 amide bonds. The van der Waals surface area contributed by atoms with E-state index in [0.717, 1.165) is 165 Å². The summed E-state index contributed by atoms with van der Waals surface area (Å²) in [5.74, 6) is -2.49. The number of anilines is 1. The quantitative estimate of drug-likeness (QED) is 0.103. The predicted octanol–water partition coefficient (Wildman–Crippen LogP) is 22.0. The molecule has 0 radical (unpaired) electrons. The molecule has 0 spiro atoms. The van der Waals surface area contributed by atoms with Gasteiger partial charge in [-0.05, 0) is 107 Å². The van der Waals surface area contributed by atoms with E-state index in [9.17, 15) is 38.4 Å². The smallest absolute Gasteiger partial charge is 0.268 e. The van der Waals surface area contributed by atoms with E-state index in [0.29, 0.717) is 72.9 Å². The van der Waals surface area contributed by atoms with Gasteiger partial charge in [-0.1, -0.05) is 200 Å². The van der Waals surface area contributed by atoms with Crippen molar-refractivity contribution in [2.75, 3.05) is 26.0 Å². The number of aromatic nitrogens is 16. The minimum Gasteiger partial charge on any atom is -0.308 e. The highest BCUT2D eigenvalue weighted by Gasteiger charge is 2.43. The lowest BCUT2D eigenvalue weighted by Crippen LogP contribution is -2.30. The zero-order chi connectivity index (χ0) is 99.5. The van der Waals surface area contributed by atoms with Crippen LogP contribution in [0.1, 0.15) is 82.9 Å². The average molecular weight is 1910 g/mol. The van der Waals surface area contributed by atoms with Crippen LogP contribution in [0.5, 0.6) is 0 Å². The van der Waals surface area contributed by atoms with Crippen LogP contribution >= 0.6 is 0 Å². The van der Waals surface area contributed by atoms with Crippen molar-refractivity contribution in [1.82, 2.24) is 92.8 Å². The number of benzene rings is 14. The summed E-state index contributed by atoms with van der Waals surface area (Å²) in [5.41, 5.74) is 26.3. The summed E-state index contributed by atoms with van der Waals surface area (Å²) in [6.45, 7) is 0. The molecule has 4 aliphatic heterocycles. The minimum atomic E-state index is -0.371. The zero-order valence-electron chi connectivity index (χ0n) is 78.2. The third-order valence-corrected chi connectivity index (χ3v) is 27.6. The Morgan fingerprint density at radius 2 is 0.456 bits per heavy atom. The molecule has 28 heteroatoms. The molecule has 0 aliphatic carbocycles. The molecule has 0 N–H and O–H groups in total. The number of rotatable bonds is 12. The van der Waals surface area contributed by atoms with Gasteiger partial charge >= 0.3 is 0 Å². The first-order valence-corrected chi connectivity index (χ1v) is 46.9. The fraction of sp³-hybridized carbons (Fsp3) is 0.0252. The molecule has 698 valence electrons. The second-order valence-corrected chi connectivity index (χ2v) is 35.5. The van der Waals surface area contributed by atoms with Crippen molar-refractivity contribution in [3.05, 3.63) is 442 Å². The number of imide groups is 4. The number of hydrogen-bond acceptors (Lipinski definition) is 20. The summed E-state index contributed by atoms with van der Waals surface area (Å²) in [4.78, 5) is 162. The lowest BCUT2D eigenvalue weighted by Gasteiger charge is -2.18. The second-order valence-electron chi connectivity index (χ2n) is 35.5. The number of para-hydroxylation sites is 6. The van der Waals surface area contributed by atoms with Gasteiger partial charge in [0.25, 0.3) is 47.3 Å². The molecule has 0 unspecified atom stereocenters. The van der Waals surface area contributed by atoms with E-state index in [-0.39, 0.29) is 47.3 Å². The van der Waals surface area contributed by atoms with E-state index in [4.69, 9.17) is 0 Å². The highest BCUT2D eigenvalue weighted by Crippen LogP contribution is 2.50. The molecule has 14 heterocycles. The van der Waals surface area contributed by atoms with Gasteiger partial charge in [0.2, 0.25) is 0 Å².